The fourth-order valence-electron chi connectivity index (χ4n) is 0.919. The van der Waals surface area contributed by atoms with Crippen LogP contribution in [0.3, 0.4) is 0 Å². The van der Waals surface area contributed by atoms with Crippen LogP contribution in [0.2, 0.25) is 0 Å². The van der Waals surface area contributed by atoms with Crippen LogP contribution in [0, 0.1) is 0 Å². The number of hydrogen-bond donors (Lipinski definition) is 1. The van der Waals surface area contributed by atoms with E-state index < -0.39 is 0 Å². The van der Waals surface area contributed by atoms with Crippen LogP contribution >= 0.6 is 0 Å². The molecule has 0 aliphatic rings. The second-order valence-electron chi connectivity index (χ2n) is 2.91. The van der Waals surface area contributed by atoms with Crippen molar-refractivity contribution in [3.63, 3.8) is 0 Å². The zero-order valence-electron chi connectivity index (χ0n) is 6.99. The maximum Gasteiger partial charge on any atom is 0.169 e. The molecule has 0 unspecified atom stereocenters. The predicted molar refractivity (Wildman–Crippen MR) is 42.9 cm³/mol. The van der Waals surface area contributed by atoms with Crippen LogP contribution in [0.4, 0.5) is 0 Å². The lowest BCUT2D eigenvalue weighted by Crippen LogP contribution is -2.34. The summed E-state index contributed by atoms with van der Waals surface area (Å²) in [5, 5.41) is 8.76. The molecule has 0 radical (unpaired) electrons. The normalized spacial score (nSPS) is 10.5. The fourth-order valence-corrected chi connectivity index (χ4v) is 0.919. The standard InChI is InChI=1S/C9H14NO/c1-8(2)10-5-3-9(7-11)4-6-10/h3-6,8,11H,7H2,1-2H3/q+1. The highest BCUT2D eigenvalue weighted by molar-refractivity contribution is 5.04. The van der Waals surface area contributed by atoms with E-state index in [2.05, 4.69) is 18.4 Å². The van der Waals surface area contributed by atoms with Gasteiger partial charge in [-0.25, -0.2) is 4.57 Å². The van der Waals surface area contributed by atoms with E-state index in [-0.39, 0.29) is 6.61 Å². The molecule has 1 aromatic heterocycles. The minimum absolute atomic E-state index is 0.124. The summed E-state index contributed by atoms with van der Waals surface area (Å²) in [4.78, 5) is 0. The van der Waals surface area contributed by atoms with E-state index in [0.717, 1.165) is 5.56 Å². The summed E-state index contributed by atoms with van der Waals surface area (Å²) in [5.74, 6) is 0. The van der Waals surface area contributed by atoms with E-state index in [9.17, 15) is 0 Å². The van der Waals surface area contributed by atoms with Crippen molar-refractivity contribution in [2.75, 3.05) is 0 Å². The van der Waals surface area contributed by atoms with E-state index >= 15 is 0 Å². The third kappa shape index (κ3) is 2.02. The molecule has 0 bridgehead atoms. The van der Waals surface area contributed by atoms with Crippen LogP contribution in [0.15, 0.2) is 24.5 Å². The molecule has 0 aliphatic heterocycles. The van der Waals surface area contributed by atoms with Crippen molar-refractivity contribution >= 4 is 0 Å². The molecule has 2 heteroatoms. The van der Waals surface area contributed by atoms with Gasteiger partial charge in [-0.3, -0.25) is 0 Å². The highest BCUT2D eigenvalue weighted by atomic mass is 16.3. The second-order valence-corrected chi connectivity index (χ2v) is 2.91. The van der Waals surface area contributed by atoms with Crippen LogP contribution in [0.25, 0.3) is 0 Å². The topological polar surface area (TPSA) is 24.1 Å². The zero-order chi connectivity index (χ0) is 8.27. The van der Waals surface area contributed by atoms with E-state index in [1.807, 2.05) is 24.5 Å². The van der Waals surface area contributed by atoms with Gasteiger partial charge in [-0.2, -0.15) is 0 Å². The average molecular weight is 152 g/mol. The summed E-state index contributed by atoms with van der Waals surface area (Å²) in [5.41, 5.74) is 0.960. The lowest BCUT2D eigenvalue weighted by Gasteiger charge is -1.99. The van der Waals surface area contributed by atoms with Crippen LogP contribution in [0.1, 0.15) is 25.5 Å². The van der Waals surface area contributed by atoms with Gasteiger partial charge in [-0.05, 0) is 19.4 Å². The molecule has 0 saturated carbocycles. The van der Waals surface area contributed by atoms with Gasteiger partial charge in [-0.1, -0.05) is 0 Å². The molecule has 1 aromatic rings. The summed E-state index contributed by atoms with van der Waals surface area (Å²) in [6, 6.07) is 4.35. The molecule has 0 aliphatic carbocycles. The smallest absolute Gasteiger partial charge is 0.169 e. The summed E-state index contributed by atoms with van der Waals surface area (Å²) in [6.07, 6.45) is 3.96. The number of pyridine rings is 1. The molecule has 2 nitrogen and oxygen atoms in total. The number of aliphatic hydroxyl groups excluding tert-OH is 1. The Bertz CT molecular complexity index is 216. The third-order valence-electron chi connectivity index (χ3n) is 1.70. The van der Waals surface area contributed by atoms with E-state index in [1.165, 1.54) is 0 Å². The number of nitrogens with zero attached hydrogens (tertiary/aromatic N) is 1. The predicted octanol–water partition coefficient (Wildman–Crippen LogP) is 1.05. The van der Waals surface area contributed by atoms with Crippen molar-refractivity contribution in [3.05, 3.63) is 30.1 Å². The summed E-state index contributed by atoms with van der Waals surface area (Å²) < 4.78 is 2.10. The first-order valence-corrected chi connectivity index (χ1v) is 3.84. The van der Waals surface area contributed by atoms with Crippen LogP contribution < -0.4 is 4.57 Å². The highest BCUT2D eigenvalue weighted by Gasteiger charge is 2.03. The van der Waals surface area contributed by atoms with Gasteiger partial charge in [0.05, 0.1) is 6.61 Å². The van der Waals surface area contributed by atoms with Crippen molar-refractivity contribution in [2.24, 2.45) is 0 Å². The van der Waals surface area contributed by atoms with Crippen LogP contribution in [-0.2, 0) is 6.61 Å². The Balaban J connectivity index is 2.83. The van der Waals surface area contributed by atoms with Gasteiger partial charge in [0.1, 0.15) is 0 Å². The minimum Gasteiger partial charge on any atom is -0.392 e. The largest absolute Gasteiger partial charge is 0.392 e. The SMILES string of the molecule is CC(C)[n+]1ccc(CO)cc1. The lowest BCUT2D eigenvalue weighted by atomic mass is 10.3. The van der Waals surface area contributed by atoms with E-state index in [4.69, 9.17) is 5.11 Å². The Hall–Kier alpha value is -0.890. The molecule has 1 N–H and O–H groups in total. The monoisotopic (exact) mass is 152 g/mol. The van der Waals surface area contributed by atoms with Gasteiger partial charge in [0.25, 0.3) is 0 Å². The Morgan fingerprint density at radius 3 is 2.27 bits per heavy atom. The van der Waals surface area contributed by atoms with Crippen molar-refractivity contribution in [3.8, 4) is 0 Å². The molecule has 0 saturated heterocycles. The highest BCUT2D eigenvalue weighted by Crippen LogP contribution is 1.96. The lowest BCUT2D eigenvalue weighted by molar-refractivity contribution is -0.716. The third-order valence-corrected chi connectivity index (χ3v) is 1.70. The van der Waals surface area contributed by atoms with Crippen molar-refractivity contribution in [2.45, 2.75) is 26.5 Å². The maximum absolute atomic E-state index is 8.76. The van der Waals surface area contributed by atoms with Crippen molar-refractivity contribution in [1.82, 2.24) is 0 Å². The minimum atomic E-state index is 0.124. The molecule has 0 aromatic carbocycles. The molecular weight excluding hydrogens is 138 g/mol. The van der Waals surface area contributed by atoms with E-state index in [0.29, 0.717) is 6.04 Å². The van der Waals surface area contributed by atoms with Crippen LogP contribution in [0.5, 0.6) is 0 Å². The molecule has 0 spiro atoms. The van der Waals surface area contributed by atoms with Crippen molar-refractivity contribution in [1.29, 1.82) is 0 Å². The van der Waals surface area contributed by atoms with Gasteiger partial charge in [0.15, 0.2) is 18.4 Å². The summed E-state index contributed by atoms with van der Waals surface area (Å²) in [6.45, 7) is 4.37. The summed E-state index contributed by atoms with van der Waals surface area (Å²) >= 11 is 0. The Labute approximate surface area is 67.1 Å². The molecule has 1 heterocycles. The first-order chi connectivity index (χ1) is 5.24. The quantitative estimate of drug-likeness (QED) is 0.629. The van der Waals surface area contributed by atoms with Gasteiger partial charge in [-0.15, -0.1) is 0 Å². The first-order valence-electron chi connectivity index (χ1n) is 3.84. The van der Waals surface area contributed by atoms with Crippen LogP contribution in [-0.4, -0.2) is 5.11 Å². The molecule has 0 atom stereocenters. The fraction of sp³-hybridized carbons (Fsp3) is 0.444. The van der Waals surface area contributed by atoms with Gasteiger partial charge >= 0.3 is 0 Å². The number of aliphatic hydroxyl groups is 1. The Kier molecular flexibility index (Phi) is 2.60. The first kappa shape index (κ1) is 8.21. The number of aromatic nitrogens is 1. The Morgan fingerprint density at radius 2 is 1.91 bits per heavy atom. The molecule has 0 fully saturated rings. The summed E-state index contributed by atoms with van der Waals surface area (Å²) in [7, 11) is 0. The second kappa shape index (κ2) is 3.49. The van der Waals surface area contributed by atoms with Gasteiger partial charge in [0, 0.05) is 12.1 Å². The Morgan fingerprint density at radius 1 is 1.36 bits per heavy atom. The number of rotatable bonds is 2. The number of hydrogen-bond acceptors (Lipinski definition) is 1. The zero-order valence-corrected chi connectivity index (χ0v) is 6.99. The van der Waals surface area contributed by atoms with Gasteiger partial charge < -0.3 is 5.11 Å². The average Bonchev–Trinajstić information content (AvgIpc) is 2.05. The molecule has 1 rings (SSSR count). The molecule has 60 valence electrons. The molecule has 11 heavy (non-hydrogen) atoms. The maximum atomic E-state index is 8.76. The molecule has 0 amide bonds. The molecular formula is C9H14NO+. The van der Waals surface area contributed by atoms with E-state index in [1.54, 1.807) is 0 Å². The van der Waals surface area contributed by atoms with Gasteiger partial charge in [0.2, 0.25) is 0 Å². The van der Waals surface area contributed by atoms with Crippen molar-refractivity contribution < 1.29 is 9.67 Å².